The summed E-state index contributed by atoms with van der Waals surface area (Å²) in [5, 5.41) is 11.0. The van der Waals surface area contributed by atoms with Gasteiger partial charge in [0.25, 0.3) is 0 Å². The van der Waals surface area contributed by atoms with E-state index >= 15 is 0 Å². The summed E-state index contributed by atoms with van der Waals surface area (Å²) in [5.41, 5.74) is 6.34. The van der Waals surface area contributed by atoms with Gasteiger partial charge in [-0.3, -0.25) is 4.57 Å². The number of nitrogens with two attached hydrogens (primary N) is 1. The van der Waals surface area contributed by atoms with Gasteiger partial charge in [-0.25, -0.2) is 4.79 Å². The van der Waals surface area contributed by atoms with Gasteiger partial charge in [0, 0.05) is 17.4 Å². The minimum Gasteiger partial charge on any atom is -0.414 e. The number of ether oxygens (including phenoxy) is 1. The van der Waals surface area contributed by atoms with E-state index in [-0.39, 0.29) is 27.8 Å². The van der Waals surface area contributed by atoms with Gasteiger partial charge in [0.15, 0.2) is 8.32 Å². The Bertz CT molecular complexity index is 1070. The second-order valence-electron chi connectivity index (χ2n) is 12.1. The van der Waals surface area contributed by atoms with Crippen molar-refractivity contribution in [2.75, 3.05) is 12.3 Å². The average molecular weight is 590 g/mol. The van der Waals surface area contributed by atoms with Crippen molar-refractivity contribution in [2.24, 2.45) is 5.92 Å². The Labute approximate surface area is 232 Å². The summed E-state index contributed by atoms with van der Waals surface area (Å²) >= 11 is 7.45. The van der Waals surface area contributed by atoms with E-state index in [9.17, 15) is 9.90 Å². The average Bonchev–Trinajstić information content (AvgIpc) is 3.15. The van der Waals surface area contributed by atoms with E-state index in [0.29, 0.717) is 25.4 Å². The molecule has 37 heavy (non-hydrogen) atoms. The largest absolute Gasteiger partial charge is 0.414 e. The Kier molecular flexibility index (Phi) is 9.99. The fraction of sp³-hybridized carbons (Fsp3) is 0.760. The lowest BCUT2D eigenvalue weighted by molar-refractivity contribution is -0.0377. The number of allylic oxidation sites excluding steroid dienone is 1. The van der Waals surface area contributed by atoms with Crippen LogP contribution in [0, 0.1) is 5.92 Å². The Morgan fingerprint density at radius 3 is 2.70 bits per heavy atom. The van der Waals surface area contributed by atoms with Crippen LogP contribution in [-0.4, -0.2) is 52.6 Å². The fourth-order valence-corrected chi connectivity index (χ4v) is 11.3. The van der Waals surface area contributed by atoms with Crippen molar-refractivity contribution in [3.63, 3.8) is 0 Å². The van der Waals surface area contributed by atoms with Crippen LogP contribution in [0.3, 0.4) is 0 Å². The zero-order chi connectivity index (χ0) is 27.8. The number of nitrogen functional groups attached to an aromatic ring is 1. The first kappa shape index (κ1) is 31.0. The molecule has 2 fully saturated rings. The third-order valence-electron chi connectivity index (χ3n) is 8.22. The van der Waals surface area contributed by atoms with E-state index in [1.54, 1.807) is 23.6 Å². The smallest absolute Gasteiger partial charge is 0.351 e. The summed E-state index contributed by atoms with van der Waals surface area (Å²) in [6.45, 7) is 19.5. The molecule has 1 saturated heterocycles. The van der Waals surface area contributed by atoms with Gasteiger partial charge in [0.05, 0.1) is 18.8 Å². The predicted octanol–water partition coefficient (Wildman–Crippen LogP) is 5.26. The Hall–Kier alpha value is -0.523. The van der Waals surface area contributed by atoms with Crippen LogP contribution in [0.2, 0.25) is 18.1 Å². The van der Waals surface area contributed by atoms with Crippen molar-refractivity contribution in [3.05, 3.63) is 34.9 Å². The van der Waals surface area contributed by atoms with Crippen molar-refractivity contribution < 1.29 is 18.8 Å². The molecule has 2 aliphatic rings. The van der Waals surface area contributed by atoms with Crippen molar-refractivity contribution >= 4 is 43.4 Å². The monoisotopic (exact) mass is 589 g/mol. The maximum absolute atomic E-state index is 12.5. The first-order chi connectivity index (χ1) is 17.0. The number of aliphatic hydroxyl groups is 1. The van der Waals surface area contributed by atoms with Crippen LogP contribution in [0.25, 0.3) is 0 Å². The molecule has 0 spiro atoms. The predicted molar refractivity (Wildman–Crippen MR) is 159 cm³/mol. The Morgan fingerprint density at radius 2 is 2.14 bits per heavy atom. The zero-order valence-corrected chi connectivity index (χ0v) is 26.8. The van der Waals surface area contributed by atoms with Gasteiger partial charge in [0.2, 0.25) is 0 Å². The minimum atomic E-state index is -2.03. The molecule has 1 aromatic rings. The molecule has 1 aromatic heterocycles. The number of hydrogen-bond acceptors (Lipinski definition) is 9. The summed E-state index contributed by atoms with van der Waals surface area (Å²) < 4.78 is 20.4. The molecular weight excluding hydrogens is 545 g/mol. The van der Waals surface area contributed by atoms with Crippen LogP contribution in [0.4, 0.5) is 5.82 Å². The van der Waals surface area contributed by atoms with Crippen LogP contribution in [-0.2, 0) is 25.5 Å². The molecular formula is C25H44N3O5PS2Si. The maximum Gasteiger partial charge on any atom is 0.351 e. The maximum atomic E-state index is 12.5. The second kappa shape index (κ2) is 11.9. The normalized spacial score (nSPS) is 31.8. The lowest BCUT2D eigenvalue weighted by atomic mass is 9.77. The van der Waals surface area contributed by atoms with Gasteiger partial charge in [-0.2, -0.15) is 4.98 Å². The molecule has 0 bridgehead atoms. The number of anilines is 1. The molecule has 1 aliphatic carbocycles. The number of aliphatic hydroxyl groups excluding tert-OH is 1. The lowest BCUT2D eigenvalue weighted by Crippen LogP contribution is -2.44. The Balaban J connectivity index is 1.73. The van der Waals surface area contributed by atoms with Gasteiger partial charge in [-0.1, -0.05) is 56.1 Å². The van der Waals surface area contributed by atoms with Gasteiger partial charge >= 0.3 is 5.69 Å². The topological polar surface area (TPSA) is 109 Å². The van der Waals surface area contributed by atoms with Crippen molar-refractivity contribution in [1.82, 2.24) is 9.55 Å². The van der Waals surface area contributed by atoms with Gasteiger partial charge in [0.1, 0.15) is 24.3 Å². The minimum absolute atomic E-state index is 0.0510. The zero-order valence-electron chi connectivity index (χ0n) is 23.2. The quantitative estimate of drug-likeness (QED) is 0.227. The van der Waals surface area contributed by atoms with E-state index in [0.717, 1.165) is 18.4 Å². The molecule has 2 heterocycles. The van der Waals surface area contributed by atoms with Crippen LogP contribution < -0.4 is 11.4 Å². The highest BCUT2D eigenvalue weighted by Gasteiger charge is 2.44. The molecule has 7 atom stereocenters. The molecule has 3 N–H and O–H groups in total. The third kappa shape index (κ3) is 7.57. The first-order valence-corrected chi connectivity index (χ1v) is 19.9. The molecule has 3 rings (SSSR count). The first-order valence-electron chi connectivity index (χ1n) is 12.9. The molecule has 12 heteroatoms. The van der Waals surface area contributed by atoms with Crippen molar-refractivity contribution in [1.29, 1.82) is 0 Å². The van der Waals surface area contributed by atoms with Crippen LogP contribution in [0.5, 0.6) is 0 Å². The van der Waals surface area contributed by atoms with E-state index in [2.05, 4.69) is 52.4 Å². The highest BCUT2D eigenvalue weighted by Crippen LogP contribution is 2.56. The number of hydrogen-bond donors (Lipinski definition) is 2. The SMILES string of the molecule is C=C(C)[C@H]1CC[C@@](C)(S[PH](=S)O[C@H]2C[C@H](n3ccc(N)nc3=O)O[C@@H]2CO[Si](C)(C)C(C)(C)C)[C@H](O)C1. The molecule has 1 aliphatic heterocycles. The van der Waals surface area contributed by atoms with Crippen LogP contribution in [0.1, 0.15) is 66.5 Å². The Morgan fingerprint density at radius 1 is 1.46 bits per heavy atom. The molecule has 1 saturated carbocycles. The van der Waals surface area contributed by atoms with Crippen LogP contribution in [0.15, 0.2) is 29.2 Å². The standard InChI is InChI=1S/C25H44N3O5PS2Si/c1-16(2)17-9-11-25(6,20(29)13-17)36-34(35)33-18-14-22(28-12-10-21(26)27-23(28)30)32-19(18)15-31-37(7,8)24(3,4)5/h10,12,17-20,22,29,34H,1,9,11,13-15H2,2-8H3,(H2,26,27,30)/t17-,18-,19+,20+,22+,25+/m0/s1. The summed E-state index contributed by atoms with van der Waals surface area (Å²) in [6.07, 6.45) is 1.15. The molecule has 1 unspecified atom stereocenters. The third-order valence-corrected chi connectivity index (χ3v) is 17.6. The van der Waals surface area contributed by atoms with Crippen molar-refractivity contribution in [2.45, 2.75) is 108 Å². The van der Waals surface area contributed by atoms with Gasteiger partial charge < -0.3 is 24.5 Å². The lowest BCUT2D eigenvalue weighted by Gasteiger charge is -2.41. The summed E-state index contributed by atoms with van der Waals surface area (Å²) in [6, 6.07) is 1.59. The summed E-state index contributed by atoms with van der Waals surface area (Å²) in [5.74, 6) is 0.517. The fourth-order valence-electron chi connectivity index (χ4n) is 4.47. The highest BCUT2D eigenvalue weighted by molar-refractivity contribution is 8.63. The molecule has 210 valence electrons. The number of rotatable bonds is 9. The van der Waals surface area contributed by atoms with E-state index in [1.807, 2.05) is 6.92 Å². The van der Waals surface area contributed by atoms with Gasteiger partial charge in [-0.05, 0) is 63.2 Å². The number of aromatic nitrogens is 2. The number of nitrogens with zero attached hydrogens (tertiary/aromatic N) is 2. The molecule has 0 aromatic carbocycles. The van der Waals surface area contributed by atoms with E-state index < -0.39 is 32.5 Å². The van der Waals surface area contributed by atoms with Crippen LogP contribution >= 0.6 is 17.5 Å². The highest BCUT2D eigenvalue weighted by atomic mass is 32.9. The van der Waals surface area contributed by atoms with E-state index in [1.165, 1.54) is 4.57 Å². The van der Waals surface area contributed by atoms with E-state index in [4.69, 9.17) is 31.2 Å². The van der Waals surface area contributed by atoms with Gasteiger partial charge in [-0.15, -0.1) is 0 Å². The van der Waals surface area contributed by atoms with Crippen molar-refractivity contribution in [3.8, 4) is 0 Å². The molecule has 0 radical (unpaired) electrons. The molecule has 8 nitrogen and oxygen atoms in total. The molecule has 0 amide bonds. The second-order valence-corrected chi connectivity index (χ2v) is 22.4. The summed E-state index contributed by atoms with van der Waals surface area (Å²) in [7, 11) is -2.03. The summed E-state index contributed by atoms with van der Waals surface area (Å²) in [4.78, 5) is 16.3.